The van der Waals surface area contributed by atoms with Gasteiger partial charge in [-0.15, -0.1) is 0 Å². The van der Waals surface area contributed by atoms with Crippen molar-refractivity contribution in [2.75, 3.05) is 18.2 Å². The molecule has 102 valence electrons. The fourth-order valence-electron chi connectivity index (χ4n) is 2.17. The van der Waals surface area contributed by atoms with Gasteiger partial charge < -0.3 is 9.47 Å². The number of cyclic esters (lactones) is 1. The van der Waals surface area contributed by atoms with Crippen LogP contribution in [0.15, 0.2) is 18.2 Å². The zero-order valence-electron chi connectivity index (χ0n) is 11.3. The van der Waals surface area contributed by atoms with Crippen molar-refractivity contribution >= 4 is 17.6 Å². The fourth-order valence-corrected chi connectivity index (χ4v) is 2.17. The summed E-state index contributed by atoms with van der Waals surface area (Å²) in [5.74, 6) is -1.53. The molecule has 0 fully saturated rings. The first kappa shape index (κ1) is 13.5. The third-order valence-electron chi connectivity index (χ3n) is 3.10. The Bertz CT molecular complexity index is 512. The molecule has 19 heavy (non-hydrogen) atoms. The van der Waals surface area contributed by atoms with Gasteiger partial charge in [-0.1, -0.05) is 18.2 Å². The smallest absolute Gasteiger partial charge is 0.398 e. The van der Waals surface area contributed by atoms with Gasteiger partial charge in [0, 0.05) is 12.2 Å². The van der Waals surface area contributed by atoms with Crippen molar-refractivity contribution in [2.45, 2.75) is 26.9 Å². The summed E-state index contributed by atoms with van der Waals surface area (Å²) in [5.41, 5.74) is 2.44. The molecular weight excluding hydrogens is 246 g/mol. The predicted molar refractivity (Wildman–Crippen MR) is 69.7 cm³/mol. The zero-order valence-corrected chi connectivity index (χ0v) is 11.3. The molecule has 0 saturated heterocycles. The highest BCUT2D eigenvalue weighted by Crippen LogP contribution is 2.34. The fraction of sp³-hybridized carbons (Fsp3) is 0.429. The van der Waals surface area contributed by atoms with Crippen molar-refractivity contribution in [1.29, 1.82) is 0 Å². The lowest BCUT2D eigenvalue weighted by atomic mass is 10.0. The molecule has 1 aromatic rings. The van der Waals surface area contributed by atoms with E-state index in [1.54, 1.807) is 6.92 Å². The zero-order chi connectivity index (χ0) is 14.0. The average Bonchev–Trinajstić information content (AvgIpc) is 2.47. The highest BCUT2D eigenvalue weighted by Gasteiger charge is 2.34. The summed E-state index contributed by atoms with van der Waals surface area (Å²) in [6, 6.07) is 5.64. The van der Waals surface area contributed by atoms with E-state index in [1.165, 1.54) is 4.90 Å². The summed E-state index contributed by atoms with van der Waals surface area (Å²) in [4.78, 5) is 25.1. The van der Waals surface area contributed by atoms with Crippen LogP contribution < -0.4 is 4.90 Å². The van der Waals surface area contributed by atoms with Gasteiger partial charge in [-0.3, -0.25) is 9.69 Å². The average molecular weight is 263 g/mol. The van der Waals surface area contributed by atoms with Crippen molar-refractivity contribution in [3.63, 3.8) is 0 Å². The number of ether oxygens (including phenoxy) is 2. The Balaban J connectivity index is 2.53. The van der Waals surface area contributed by atoms with E-state index in [0.29, 0.717) is 12.3 Å². The number of hydrogen-bond acceptors (Lipinski definition) is 4. The van der Waals surface area contributed by atoms with Crippen LogP contribution in [-0.2, 0) is 19.1 Å². The molecule has 0 spiro atoms. The van der Waals surface area contributed by atoms with Gasteiger partial charge in [-0.2, -0.15) is 0 Å². The van der Waals surface area contributed by atoms with Gasteiger partial charge in [0.15, 0.2) is 0 Å². The number of nitrogens with zero attached hydrogens (tertiary/aromatic N) is 1. The van der Waals surface area contributed by atoms with Crippen molar-refractivity contribution < 1.29 is 19.1 Å². The van der Waals surface area contributed by atoms with E-state index < -0.39 is 18.0 Å². The number of aryl methyl sites for hydroxylation is 1. The SMILES string of the molecule is CCOCN1C(=O)C(=O)O[C@@H](C)c2cccc(C)c21. The standard InChI is InChI=1S/C14H17NO4/c1-4-18-8-15-12-9(2)6-5-7-11(12)10(3)19-14(17)13(15)16/h5-7,10H,4,8H2,1-3H3/t10-/m0/s1. The van der Waals surface area contributed by atoms with Crippen molar-refractivity contribution in [2.24, 2.45) is 0 Å². The third kappa shape index (κ3) is 2.46. The van der Waals surface area contributed by atoms with Crippen LogP contribution in [0.2, 0.25) is 0 Å². The Morgan fingerprint density at radius 2 is 2.11 bits per heavy atom. The topological polar surface area (TPSA) is 55.8 Å². The van der Waals surface area contributed by atoms with E-state index in [1.807, 2.05) is 32.0 Å². The molecule has 1 amide bonds. The number of carbonyl (C=O) groups excluding carboxylic acids is 2. The highest BCUT2D eigenvalue weighted by atomic mass is 16.6. The number of benzene rings is 1. The van der Waals surface area contributed by atoms with Crippen LogP contribution >= 0.6 is 0 Å². The van der Waals surface area contributed by atoms with Gasteiger partial charge in [0.05, 0.1) is 5.69 Å². The number of anilines is 1. The minimum absolute atomic E-state index is 0.0506. The molecule has 0 N–H and O–H groups in total. The maximum absolute atomic E-state index is 12.1. The number of hydrogen-bond donors (Lipinski definition) is 0. The predicted octanol–water partition coefficient (Wildman–Crippen LogP) is 1.94. The molecule has 0 aromatic heterocycles. The molecule has 1 atom stereocenters. The minimum atomic E-state index is -0.845. The number of fused-ring (bicyclic) bond motifs is 1. The Morgan fingerprint density at radius 1 is 1.37 bits per heavy atom. The van der Waals surface area contributed by atoms with E-state index in [0.717, 1.165) is 11.1 Å². The van der Waals surface area contributed by atoms with Crippen LogP contribution in [0.1, 0.15) is 31.1 Å². The maximum Gasteiger partial charge on any atom is 0.398 e. The van der Waals surface area contributed by atoms with Crippen LogP contribution in [0.4, 0.5) is 5.69 Å². The summed E-state index contributed by atoms with van der Waals surface area (Å²) < 4.78 is 10.4. The summed E-state index contributed by atoms with van der Waals surface area (Å²) in [5, 5.41) is 0. The Kier molecular flexibility index (Phi) is 3.85. The number of amides is 1. The summed E-state index contributed by atoms with van der Waals surface area (Å²) >= 11 is 0. The van der Waals surface area contributed by atoms with Crippen LogP contribution in [0.5, 0.6) is 0 Å². The number of para-hydroxylation sites is 1. The minimum Gasteiger partial charge on any atom is -0.451 e. The summed E-state index contributed by atoms with van der Waals surface area (Å²) in [7, 11) is 0. The van der Waals surface area contributed by atoms with E-state index in [4.69, 9.17) is 9.47 Å². The van der Waals surface area contributed by atoms with E-state index in [9.17, 15) is 9.59 Å². The molecule has 0 saturated carbocycles. The molecule has 0 bridgehead atoms. The molecule has 2 rings (SSSR count). The lowest BCUT2D eigenvalue weighted by Gasteiger charge is -2.23. The molecular formula is C14H17NO4. The van der Waals surface area contributed by atoms with Gasteiger partial charge in [-0.05, 0) is 26.3 Å². The van der Waals surface area contributed by atoms with Crippen molar-refractivity contribution in [1.82, 2.24) is 0 Å². The van der Waals surface area contributed by atoms with E-state index in [-0.39, 0.29) is 6.73 Å². The number of esters is 1. The third-order valence-corrected chi connectivity index (χ3v) is 3.10. The Labute approximate surface area is 112 Å². The van der Waals surface area contributed by atoms with E-state index >= 15 is 0 Å². The largest absolute Gasteiger partial charge is 0.451 e. The first-order valence-electron chi connectivity index (χ1n) is 6.26. The molecule has 1 heterocycles. The Hall–Kier alpha value is -1.88. The van der Waals surface area contributed by atoms with Gasteiger partial charge in [0.2, 0.25) is 0 Å². The van der Waals surface area contributed by atoms with Crippen LogP contribution in [0.3, 0.4) is 0 Å². The monoisotopic (exact) mass is 263 g/mol. The second-order valence-corrected chi connectivity index (χ2v) is 4.42. The summed E-state index contributed by atoms with van der Waals surface area (Å²) in [6.07, 6.45) is -0.446. The molecule has 5 heteroatoms. The first-order chi connectivity index (χ1) is 9.06. The molecule has 0 aliphatic carbocycles. The summed E-state index contributed by atoms with van der Waals surface area (Å²) in [6.45, 7) is 6.01. The molecule has 0 unspecified atom stereocenters. The van der Waals surface area contributed by atoms with Gasteiger partial charge in [-0.25, -0.2) is 4.79 Å². The second-order valence-electron chi connectivity index (χ2n) is 4.42. The Morgan fingerprint density at radius 3 is 2.79 bits per heavy atom. The normalized spacial score (nSPS) is 18.9. The maximum atomic E-state index is 12.1. The van der Waals surface area contributed by atoms with E-state index in [2.05, 4.69) is 0 Å². The molecule has 1 aromatic carbocycles. The number of carbonyl (C=O) groups is 2. The second kappa shape index (κ2) is 5.40. The van der Waals surface area contributed by atoms with Gasteiger partial charge >= 0.3 is 11.9 Å². The lowest BCUT2D eigenvalue weighted by molar-refractivity contribution is -0.157. The quantitative estimate of drug-likeness (QED) is 0.617. The molecule has 0 radical (unpaired) electrons. The van der Waals surface area contributed by atoms with Crippen molar-refractivity contribution in [3.05, 3.63) is 29.3 Å². The van der Waals surface area contributed by atoms with Crippen LogP contribution in [-0.4, -0.2) is 25.2 Å². The van der Waals surface area contributed by atoms with Crippen molar-refractivity contribution in [3.8, 4) is 0 Å². The molecule has 1 aliphatic heterocycles. The molecule has 1 aliphatic rings. The van der Waals surface area contributed by atoms with Crippen LogP contribution in [0.25, 0.3) is 0 Å². The first-order valence-corrected chi connectivity index (χ1v) is 6.26. The van der Waals surface area contributed by atoms with Crippen LogP contribution in [0, 0.1) is 6.92 Å². The molecule has 5 nitrogen and oxygen atoms in total. The lowest BCUT2D eigenvalue weighted by Crippen LogP contribution is -2.38. The van der Waals surface area contributed by atoms with Gasteiger partial charge in [0.25, 0.3) is 0 Å². The highest BCUT2D eigenvalue weighted by molar-refractivity contribution is 6.38. The van der Waals surface area contributed by atoms with Gasteiger partial charge in [0.1, 0.15) is 12.8 Å². The number of rotatable bonds is 3.